The molecule has 3 aromatic heterocycles. The van der Waals surface area contributed by atoms with E-state index >= 15 is 0 Å². The summed E-state index contributed by atoms with van der Waals surface area (Å²) in [5.74, 6) is 5.65. The number of para-hydroxylation sites is 2. The number of carbonyl (C=O) groups is 2. The number of nitrogens with zero attached hydrogens (tertiary/aromatic N) is 14. The van der Waals surface area contributed by atoms with Gasteiger partial charge in [-0.3, -0.25) is 14.4 Å². The van der Waals surface area contributed by atoms with E-state index in [0.717, 1.165) is 50.8 Å². The number of aromatic nitrogens is 10. The number of hydrogen-bond acceptors (Lipinski definition) is 20. The van der Waals surface area contributed by atoms with Crippen molar-refractivity contribution in [1.82, 2.24) is 69.4 Å². The Labute approximate surface area is 564 Å². The van der Waals surface area contributed by atoms with Crippen LogP contribution in [-0.4, -0.2) is 139 Å². The van der Waals surface area contributed by atoms with Crippen LogP contribution in [0.4, 0.5) is 21.2 Å². The Hall–Kier alpha value is -13.5. The van der Waals surface area contributed by atoms with Crippen LogP contribution in [-0.2, 0) is 37.3 Å². The van der Waals surface area contributed by atoms with Gasteiger partial charge in [-0.25, -0.2) is 59.3 Å². The van der Waals surface area contributed by atoms with Gasteiger partial charge in [-0.2, -0.15) is 4.98 Å². The second-order valence-corrected chi connectivity index (χ2v) is 22.5. The van der Waals surface area contributed by atoms with Gasteiger partial charge in [-0.05, 0) is 107 Å². The van der Waals surface area contributed by atoms with Crippen molar-refractivity contribution >= 4 is 59.2 Å². The van der Waals surface area contributed by atoms with E-state index in [-0.39, 0.29) is 35.8 Å². The van der Waals surface area contributed by atoms with Crippen LogP contribution in [0.3, 0.4) is 0 Å². The second kappa shape index (κ2) is 27.8. The number of ether oxygens (including phenoxy) is 4. The maximum Gasteiger partial charge on any atom is 0.350 e. The molecule has 7 aromatic carbocycles. The zero-order chi connectivity index (χ0) is 68.6. The van der Waals surface area contributed by atoms with Gasteiger partial charge in [0.05, 0.1) is 79.3 Å². The number of aromatic hydroxyl groups is 3. The van der Waals surface area contributed by atoms with Crippen LogP contribution in [0.1, 0.15) is 44.8 Å². The van der Waals surface area contributed by atoms with Gasteiger partial charge in [0, 0.05) is 5.56 Å². The molecule has 9 heterocycles. The summed E-state index contributed by atoms with van der Waals surface area (Å²) in [6.45, 7) is 1.49. The lowest BCUT2D eigenvalue weighted by atomic mass is 9.85. The third kappa shape index (κ3) is 12.7. The molecular formula is C71H62N18O10. The number of phenols is 3. The lowest BCUT2D eigenvalue weighted by Gasteiger charge is -2.29. The second-order valence-electron chi connectivity index (χ2n) is 22.5. The fraction of sp³-hybridized carbons (Fsp3) is 0.141. The number of benzene rings is 7. The van der Waals surface area contributed by atoms with E-state index < -0.39 is 11.1 Å². The molecule has 2 saturated heterocycles. The smallest absolute Gasteiger partial charge is 0.350 e. The largest absolute Gasteiger partial charge is 0.508 e. The minimum Gasteiger partial charge on any atom is -0.508 e. The Bertz CT molecular complexity index is 5040. The molecule has 6 aliphatic heterocycles. The molecule has 6 aliphatic rings. The van der Waals surface area contributed by atoms with Crippen molar-refractivity contribution in [3.05, 3.63) is 256 Å². The van der Waals surface area contributed by atoms with Crippen LogP contribution in [0.25, 0.3) is 22.7 Å². The van der Waals surface area contributed by atoms with Crippen molar-refractivity contribution in [2.45, 2.75) is 37.3 Å². The van der Waals surface area contributed by atoms with E-state index in [1.807, 2.05) is 108 Å². The maximum absolute atomic E-state index is 13.2. The summed E-state index contributed by atoms with van der Waals surface area (Å²) < 4.78 is 24.3. The van der Waals surface area contributed by atoms with Crippen molar-refractivity contribution in [2.75, 3.05) is 28.4 Å². The van der Waals surface area contributed by atoms with Gasteiger partial charge in [0.25, 0.3) is 0 Å². The van der Waals surface area contributed by atoms with E-state index in [9.17, 15) is 24.6 Å². The number of carbonyl (C=O) groups excluding carboxylic acids is 2. The highest BCUT2D eigenvalue weighted by Crippen LogP contribution is 2.45. The molecule has 0 spiro atoms. The summed E-state index contributed by atoms with van der Waals surface area (Å²) in [6, 6.07) is 51.8. The molecule has 0 radical (unpaired) electrons. The lowest BCUT2D eigenvalue weighted by molar-refractivity contribution is 0.224. The standard InChI is InChI=1S/C23H20N6O3.2C21H18N6O3.C6H6O/c1-31-17-7-3-15(4-8-17)11-28-14-26-19-20-22(25-13-24-21(19)28)29(23(30)27-20)12-16-5-9-18(32-2)10-6-16;1-30-16-8-2-13(3-9-16)10-27-19-21(26-20(27)29,14-4-6-15(28)7-5-14)17-18(23-11-22-17)24-12-25-19;1-30-14-8-6-13(7-9-14)10-27-19-21(26-20(27)29,15-4-2-3-5-16(15)28)17-18(23-11-22-17)24-12-25-19;7-6-4-2-1-3-5-6/h3-10,13-14H,11-12H2,1-2H3;2*2-9,11-12,28H,10H2,1H3,(H,22,23)(H,26,29);1-5,7H. The summed E-state index contributed by atoms with van der Waals surface area (Å²) in [4.78, 5) is 92.0. The Morgan fingerprint density at radius 3 is 1.44 bits per heavy atom. The monoisotopic (exact) mass is 1330 g/mol. The molecule has 99 heavy (non-hydrogen) atoms. The first-order valence-corrected chi connectivity index (χ1v) is 30.7. The van der Waals surface area contributed by atoms with Crippen LogP contribution in [0.15, 0.2) is 226 Å². The number of methoxy groups -OCH3 is 4. The minimum absolute atomic E-state index is 0.0271. The predicted molar refractivity (Wildman–Crippen MR) is 367 cm³/mol. The lowest BCUT2D eigenvalue weighted by Crippen LogP contribution is -2.45. The third-order valence-corrected chi connectivity index (χ3v) is 16.6. The van der Waals surface area contributed by atoms with Crippen molar-refractivity contribution in [2.24, 2.45) is 20.0 Å². The van der Waals surface area contributed by atoms with E-state index in [1.165, 1.54) is 41.1 Å². The summed E-state index contributed by atoms with van der Waals surface area (Å²) in [6.07, 6.45) is 8.96. The van der Waals surface area contributed by atoms with E-state index in [2.05, 4.69) is 70.5 Å². The highest BCUT2D eigenvalue weighted by Gasteiger charge is 2.56. The van der Waals surface area contributed by atoms with Crippen molar-refractivity contribution in [3.8, 4) is 51.8 Å². The number of rotatable bonds is 14. The molecule has 0 bridgehead atoms. The molecule has 0 saturated carbocycles. The topological polar surface area (TPSA) is 348 Å². The fourth-order valence-electron chi connectivity index (χ4n) is 11.8. The number of aliphatic imine (C=N–C) groups is 4. The zero-order valence-electron chi connectivity index (χ0n) is 53.5. The van der Waals surface area contributed by atoms with Gasteiger partial charge in [0.2, 0.25) is 0 Å². The Morgan fingerprint density at radius 2 is 0.939 bits per heavy atom. The van der Waals surface area contributed by atoms with Crippen LogP contribution in [0, 0.1) is 0 Å². The van der Waals surface area contributed by atoms with E-state index in [1.54, 1.807) is 112 Å². The first kappa shape index (κ1) is 64.2. The van der Waals surface area contributed by atoms with Crippen molar-refractivity contribution in [3.63, 3.8) is 0 Å². The number of fused-ring (bicyclic) bond motifs is 9. The van der Waals surface area contributed by atoms with Crippen LogP contribution in [0.2, 0.25) is 0 Å². The third-order valence-electron chi connectivity index (χ3n) is 16.6. The van der Waals surface area contributed by atoms with Crippen LogP contribution in [0.5, 0.6) is 40.2 Å². The number of H-pyrrole nitrogens is 2. The number of imidazole rings is 4. The Kier molecular flexibility index (Phi) is 18.0. The van der Waals surface area contributed by atoms with Crippen LogP contribution < -0.4 is 35.3 Å². The molecule has 28 heteroatoms. The Balaban J connectivity index is 0.000000127. The SMILES string of the molecule is COc1ccc(CN2C(=O)NC3(c4ccc(O)cc4)C2=NC=Nc2nc[nH]c23)cc1.COc1ccc(CN2C(=O)NC3(c4ccccc4O)C2=NC=Nc2nc[nH]c23)cc1.COc1ccc(Cn2c3ncnc4c(ncn4Cc4ccc(OC)cc4)c-3nc2=O)cc1.Oc1ccccc1. The van der Waals surface area contributed by atoms with E-state index in [0.29, 0.717) is 88.3 Å². The zero-order valence-corrected chi connectivity index (χ0v) is 53.5. The normalized spacial score (nSPS) is 16.1. The predicted octanol–water partition coefficient (Wildman–Crippen LogP) is 9.32. The number of urea groups is 2. The minimum atomic E-state index is -1.25. The molecule has 2 atom stereocenters. The average Bonchev–Trinajstić information content (AvgIpc) is 1.62. The molecule has 10 aromatic rings. The van der Waals surface area contributed by atoms with Gasteiger partial charge < -0.3 is 59.4 Å². The molecule has 2 unspecified atom stereocenters. The van der Waals surface area contributed by atoms with Gasteiger partial charge in [-0.15, -0.1) is 0 Å². The number of phenolic OH excluding ortho intramolecular Hbond substituents is 3. The summed E-state index contributed by atoms with van der Waals surface area (Å²) in [5.41, 5.74) is 4.99. The highest BCUT2D eigenvalue weighted by atomic mass is 16.5. The molecule has 4 amide bonds. The van der Waals surface area contributed by atoms with Gasteiger partial charge in [0.1, 0.15) is 76.2 Å². The summed E-state index contributed by atoms with van der Waals surface area (Å²) >= 11 is 0. The average molecular weight is 1330 g/mol. The molecule has 0 aliphatic carbocycles. The quantitative estimate of drug-likeness (QED) is 0.0533. The van der Waals surface area contributed by atoms with Crippen molar-refractivity contribution < 1.29 is 43.9 Å². The molecule has 496 valence electrons. The molecule has 7 N–H and O–H groups in total. The van der Waals surface area contributed by atoms with Crippen molar-refractivity contribution in [1.29, 1.82) is 0 Å². The first-order valence-electron chi connectivity index (χ1n) is 30.7. The highest BCUT2D eigenvalue weighted by molar-refractivity contribution is 6.16. The van der Waals surface area contributed by atoms with Crippen LogP contribution >= 0.6 is 0 Å². The summed E-state index contributed by atoms with van der Waals surface area (Å²) in [7, 11) is 6.46. The first-order chi connectivity index (χ1) is 48.3. The molecular weight excluding hydrogens is 1260 g/mol. The Morgan fingerprint density at radius 1 is 0.475 bits per heavy atom. The van der Waals surface area contributed by atoms with E-state index in [4.69, 9.17) is 24.1 Å². The van der Waals surface area contributed by atoms with Gasteiger partial charge in [-0.1, -0.05) is 97.1 Å². The van der Waals surface area contributed by atoms with Gasteiger partial charge >= 0.3 is 17.8 Å². The molecule has 2 fully saturated rings. The molecule has 16 rings (SSSR count). The number of nitrogens with one attached hydrogen (secondary N) is 4. The fourth-order valence-corrected chi connectivity index (χ4v) is 11.8. The summed E-state index contributed by atoms with van der Waals surface area (Å²) in [5, 5.41) is 35.2. The van der Waals surface area contributed by atoms with Gasteiger partial charge in [0.15, 0.2) is 45.9 Å². The number of amidine groups is 2. The number of aromatic amines is 2. The molecule has 28 nitrogen and oxygen atoms in total. The number of hydrogen-bond donors (Lipinski definition) is 7. The number of amides is 4. The maximum atomic E-state index is 13.2.